The molecule has 0 saturated carbocycles. The third-order valence-electron chi connectivity index (χ3n) is 3.50. The molecule has 2 aromatic heterocycles. The lowest BCUT2D eigenvalue weighted by Crippen LogP contribution is -2.13. The molecule has 0 aliphatic heterocycles. The van der Waals surface area contributed by atoms with Crippen molar-refractivity contribution in [2.75, 3.05) is 17.1 Å². The first kappa shape index (κ1) is 18.2. The van der Waals surface area contributed by atoms with Crippen LogP contribution in [0.2, 0.25) is 0 Å². The van der Waals surface area contributed by atoms with E-state index in [1.807, 2.05) is 32.0 Å². The second-order valence-corrected chi connectivity index (χ2v) is 8.80. The Bertz CT molecular complexity index is 1010. The van der Waals surface area contributed by atoms with Crippen molar-refractivity contribution in [3.63, 3.8) is 0 Å². The van der Waals surface area contributed by atoms with Crippen molar-refractivity contribution in [2.45, 2.75) is 18.1 Å². The number of sulfonamides is 1. The van der Waals surface area contributed by atoms with Crippen molar-refractivity contribution in [1.82, 2.24) is 10.2 Å². The largest absolute Gasteiger partial charge is 0.495 e. The van der Waals surface area contributed by atoms with Gasteiger partial charge in [0.25, 0.3) is 10.0 Å². The van der Waals surface area contributed by atoms with Gasteiger partial charge in [-0.1, -0.05) is 6.07 Å². The van der Waals surface area contributed by atoms with E-state index in [2.05, 4.69) is 20.2 Å². The number of benzene rings is 1. The highest BCUT2D eigenvalue weighted by Crippen LogP contribution is 2.28. The monoisotopic (exact) mass is 390 g/mol. The van der Waals surface area contributed by atoms with Crippen LogP contribution in [0.3, 0.4) is 0 Å². The molecule has 0 bridgehead atoms. The van der Waals surface area contributed by atoms with E-state index in [4.69, 9.17) is 4.74 Å². The standard InChI is InChI=1S/C17H18N4O3S2/c1-11-4-6-14(24-3)13(10-11)18-15-7-8-16(20-19-15)21-26(22,23)17-9-5-12(2)25-17/h4-10H,1-3H3,(H,18,19)(H,20,21). The molecule has 0 spiro atoms. The van der Waals surface area contributed by atoms with Crippen LogP contribution in [0.1, 0.15) is 10.4 Å². The number of methoxy groups -OCH3 is 1. The Kier molecular flexibility index (Phi) is 5.10. The van der Waals surface area contributed by atoms with Crippen molar-refractivity contribution >= 4 is 38.7 Å². The number of ether oxygens (including phenoxy) is 1. The molecule has 2 N–H and O–H groups in total. The molecule has 0 radical (unpaired) electrons. The van der Waals surface area contributed by atoms with Gasteiger partial charge >= 0.3 is 0 Å². The maximum Gasteiger partial charge on any atom is 0.272 e. The molecule has 1 aromatic carbocycles. The van der Waals surface area contributed by atoms with Gasteiger partial charge in [-0.15, -0.1) is 21.5 Å². The second-order valence-electron chi connectivity index (χ2n) is 5.60. The van der Waals surface area contributed by atoms with Crippen LogP contribution in [0.5, 0.6) is 5.75 Å². The number of nitrogens with zero attached hydrogens (tertiary/aromatic N) is 2. The fourth-order valence-electron chi connectivity index (χ4n) is 2.26. The Morgan fingerprint density at radius 2 is 1.73 bits per heavy atom. The number of aryl methyl sites for hydroxylation is 2. The van der Waals surface area contributed by atoms with Gasteiger partial charge < -0.3 is 10.1 Å². The highest BCUT2D eigenvalue weighted by atomic mass is 32.2. The van der Waals surface area contributed by atoms with Crippen molar-refractivity contribution in [2.24, 2.45) is 0 Å². The molecule has 136 valence electrons. The molecule has 3 aromatic rings. The number of hydrogen-bond donors (Lipinski definition) is 2. The van der Waals surface area contributed by atoms with E-state index in [1.54, 1.807) is 31.4 Å². The molecular weight excluding hydrogens is 372 g/mol. The molecule has 0 saturated heterocycles. The van der Waals surface area contributed by atoms with Gasteiger partial charge in [-0.05, 0) is 55.8 Å². The molecule has 9 heteroatoms. The highest BCUT2D eigenvalue weighted by Gasteiger charge is 2.17. The minimum Gasteiger partial charge on any atom is -0.495 e. The summed E-state index contributed by atoms with van der Waals surface area (Å²) >= 11 is 1.20. The Hall–Kier alpha value is -2.65. The summed E-state index contributed by atoms with van der Waals surface area (Å²) in [6.07, 6.45) is 0. The van der Waals surface area contributed by atoms with Crippen LogP contribution >= 0.6 is 11.3 Å². The first-order chi connectivity index (χ1) is 12.4. The van der Waals surface area contributed by atoms with E-state index in [0.29, 0.717) is 11.6 Å². The summed E-state index contributed by atoms with van der Waals surface area (Å²) in [7, 11) is -2.07. The lowest BCUT2D eigenvalue weighted by Gasteiger charge is -2.11. The van der Waals surface area contributed by atoms with E-state index in [1.165, 1.54) is 11.3 Å². The van der Waals surface area contributed by atoms with Crippen LogP contribution in [-0.4, -0.2) is 25.7 Å². The summed E-state index contributed by atoms with van der Waals surface area (Å²) in [5.41, 5.74) is 1.82. The van der Waals surface area contributed by atoms with Gasteiger partial charge in [0.05, 0.1) is 12.8 Å². The number of nitrogens with one attached hydrogen (secondary N) is 2. The fraction of sp³-hybridized carbons (Fsp3) is 0.176. The van der Waals surface area contributed by atoms with E-state index in [9.17, 15) is 8.42 Å². The maximum absolute atomic E-state index is 12.3. The molecule has 0 fully saturated rings. The maximum atomic E-state index is 12.3. The van der Waals surface area contributed by atoms with Crippen molar-refractivity contribution in [3.05, 3.63) is 52.9 Å². The van der Waals surface area contributed by atoms with Crippen LogP contribution in [0.25, 0.3) is 0 Å². The quantitative estimate of drug-likeness (QED) is 0.666. The summed E-state index contributed by atoms with van der Waals surface area (Å²) in [5.74, 6) is 1.30. The van der Waals surface area contributed by atoms with Gasteiger partial charge in [0, 0.05) is 4.88 Å². The number of anilines is 3. The lowest BCUT2D eigenvalue weighted by atomic mass is 10.2. The van der Waals surface area contributed by atoms with Gasteiger partial charge in [0.15, 0.2) is 11.6 Å². The zero-order valence-electron chi connectivity index (χ0n) is 14.5. The van der Waals surface area contributed by atoms with Gasteiger partial charge in [-0.25, -0.2) is 8.42 Å². The van der Waals surface area contributed by atoms with Gasteiger partial charge in [0.1, 0.15) is 9.96 Å². The van der Waals surface area contributed by atoms with Crippen LogP contribution in [-0.2, 0) is 10.0 Å². The average Bonchev–Trinajstić information content (AvgIpc) is 3.04. The molecule has 2 heterocycles. The minimum atomic E-state index is -3.65. The predicted molar refractivity (Wildman–Crippen MR) is 103 cm³/mol. The van der Waals surface area contributed by atoms with E-state index in [-0.39, 0.29) is 10.0 Å². The first-order valence-electron chi connectivity index (χ1n) is 7.72. The molecule has 0 aliphatic rings. The van der Waals surface area contributed by atoms with Crippen molar-refractivity contribution < 1.29 is 13.2 Å². The smallest absolute Gasteiger partial charge is 0.272 e. The first-order valence-corrected chi connectivity index (χ1v) is 10.0. The normalized spacial score (nSPS) is 11.2. The average molecular weight is 390 g/mol. The summed E-state index contributed by atoms with van der Waals surface area (Å²) in [6, 6.07) is 12.2. The third kappa shape index (κ3) is 4.12. The Labute approximate surface area is 156 Å². The fourth-order valence-corrected chi connectivity index (χ4v) is 4.54. The van der Waals surface area contributed by atoms with Crippen LogP contribution in [0.4, 0.5) is 17.3 Å². The molecule has 0 aliphatic carbocycles. The molecule has 7 nitrogen and oxygen atoms in total. The summed E-state index contributed by atoms with van der Waals surface area (Å²) in [6.45, 7) is 3.82. The van der Waals surface area contributed by atoms with Crippen LogP contribution in [0, 0.1) is 13.8 Å². The zero-order chi connectivity index (χ0) is 18.7. The van der Waals surface area contributed by atoms with E-state index >= 15 is 0 Å². The van der Waals surface area contributed by atoms with Crippen molar-refractivity contribution in [3.8, 4) is 5.75 Å². The second kappa shape index (κ2) is 7.30. The Morgan fingerprint density at radius 1 is 1.00 bits per heavy atom. The van der Waals surface area contributed by atoms with E-state index < -0.39 is 10.0 Å². The highest BCUT2D eigenvalue weighted by molar-refractivity contribution is 7.94. The molecule has 0 amide bonds. The predicted octanol–water partition coefficient (Wildman–Crippen LogP) is 3.71. The summed E-state index contributed by atoms with van der Waals surface area (Å²) < 4.78 is 32.6. The lowest BCUT2D eigenvalue weighted by molar-refractivity contribution is 0.416. The van der Waals surface area contributed by atoms with Crippen molar-refractivity contribution in [1.29, 1.82) is 0 Å². The van der Waals surface area contributed by atoms with E-state index in [0.717, 1.165) is 16.1 Å². The molecule has 3 rings (SSSR count). The molecular formula is C17H18N4O3S2. The zero-order valence-corrected chi connectivity index (χ0v) is 16.1. The third-order valence-corrected chi connectivity index (χ3v) is 6.35. The number of hydrogen-bond acceptors (Lipinski definition) is 7. The van der Waals surface area contributed by atoms with Crippen LogP contribution in [0.15, 0.2) is 46.7 Å². The van der Waals surface area contributed by atoms with Gasteiger partial charge in [-0.2, -0.15) is 0 Å². The summed E-state index contributed by atoms with van der Waals surface area (Å²) in [5, 5.41) is 11.1. The van der Waals surface area contributed by atoms with Gasteiger partial charge in [-0.3, -0.25) is 4.72 Å². The summed E-state index contributed by atoms with van der Waals surface area (Å²) in [4.78, 5) is 0.920. The number of rotatable bonds is 6. The topological polar surface area (TPSA) is 93.2 Å². The Balaban J connectivity index is 1.76. The molecule has 0 unspecified atom stereocenters. The van der Waals surface area contributed by atoms with Crippen LogP contribution < -0.4 is 14.8 Å². The molecule has 26 heavy (non-hydrogen) atoms. The Morgan fingerprint density at radius 3 is 2.35 bits per heavy atom. The number of thiophene rings is 1. The number of aromatic nitrogens is 2. The molecule has 0 atom stereocenters. The van der Waals surface area contributed by atoms with Gasteiger partial charge in [0.2, 0.25) is 0 Å². The SMILES string of the molecule is COc1ccc(C)cc1Nc1ccc(NS(=O)(=O)c2ccc(C)s2)nn1. The minimum absolute atomic E-state index is 0.151.